The molecule has 0 radical (unpaired) electrons. The number of piperidine rings is 1. The van der Waals surface area contributed by atoms with Gasteiger partial charge in [0.05, 0.1) is 4.92 Å². The highest BCUT2D eigenvalue weighted by Gasteiger charge is 2.27. The zero-order chi connectivity index (χ0) is 15.4. The number of carbonyl (C=O) groups is 1. The lowest BCUT2D eigenvalue weighted by Crippen LogP contribution is -2.35. The molecule has 1 aliphatic rings. The molecule has 0 bridgehead atoms. The highest BCUT2D eigenvalue weighted by atomic mass is 16.6. The molecule has 0 spiro atoms. The van der Waals surface area contributed by atoms with E-state index in [4.69, 9.17) is 5.11 Å². The van der Waals surface area contributed by atoms with Crippen molar-refractivity contribution in [3.8, 4) is 0 Å². The first kappa shape index (κ1) is 15.2. The standard InChI is InChI=1S/C14H19N3O4/c1-10-4-7-15-14(13(10)17(20)21)16-8-5-11(6-9-16)2-3-12(18)19/h4,7,11H,2-3,5-6,8-9H2,1H3,(H,18,19). The summed E-state index contributed by atoms with van der Waals surface area (Å²) in [5, 5.41) is 19.9. The fourth-order valence-electron chi connectivity index (χ4n) is 2.75. The van der Waals surface area contributed by atoms with E-state index in [0.29, 0.717) is 36.8 Å². The fraction of sp³-hybridized carbons (Fsp3) is 0.571. The predicted molar refractivity (Wildman–Crippen MR) is 77.4 cm³/mol. The molecule has 1 saturated heterocycles. The number of hydrogen-bond donors (Lipinski definition) is 1. The van der Waals surface area contributed by atoms with E-state index in [0.717, 1.165) is 12.8 Å². The van der Waals surface area contributed by atoms with E-state index in [-0.39, 0.29) is 17.0 Å². The van der Waals surface area contributed by atoms with Gasteiger partial charge in [0.25, 0.3) is 0 Å². The second kappa shape index (κ2) is 6.51. The van der Waals surface area contributed by atoms with Crippen LogP contribution < -0.4 is 4.90 Å². The number of anilines is 1. The minimum Gasteiger partial charge on any atom is -0.481 e. The first-order chi connectivity index (χ1) is 9.99. The summed E-state index contributed by atoms with van der Waals surface area (Å²) in [6.07, 6.45) is 4.15. The van der Waals surface area contributed by atoms with Crippen LogP contribution in [0.5, 0.6) is 0 Å². The molecule has 7 nitrogen and oxygen atoms in total. The Kier molecular flexibility index (Phi) is 4.72. The number of hydrogen-bond acceptors (Lipinski definition) is 5. The predicted octanol–water partition coefficient (Wildman–Crippen LogP) is 2.38. The summed E-state index contributed by atoms with van der Waals surface area (Å²) < 4.78 is 0. The molecule has 2 rings (SSSR count). The number of aliphatic carboxylic acids is 1. The van der Waals surface area contributed by atoms with Crippen LogP contribution >= 0.6 is 0 Å². The van der Waals surface area contributed by atoms with Crippen LogP contribution in [-0.4, -0.2) is 34.1 Å². The Bertz CT molecular complexity index is 539. The van der Waals surface area contributed by atoms with Crippen LogP contribution in [-0.2, 0) is 4.79 Å². The maximum absolute atomic E-state index is 11.2. The number of nitro groups is 1. The minimum atomic E-state index is -0.770. The van der Waals surface area contributed by atoms with Crippen molar-refractivity contribution >= 4 is 17.5 Å². The van der Waals surface area contributed by atoms with Gasteiger partial charge in [-0.1, -0.05) is 0 Å². The first-order valence-electron chi connectivity index (χ1n) is 7.05. The van der Waals surface area contributed by atoms with Gasteiger partial charge in [-0.05, 0) is 38.2 Å². The summed E-state index contributed by atoms with van der Waals surface area (Å²) in [6, 6.07) is 1.64. The van der Waals surface area contributed by atoms with Crippen LogP contribution in [0.2, 0.25) is 0 Å². The molecule has 1 fully saturated rings. The third-order valence-electron chi connectivity index (χ3n) is 3.97. The van der Waals surface area contributed by atoms with E-state index in [9.17, 15) is 14.9 Å². The number of pyridine rings is 1. The molecule has 0 unspecified atom stereocenters. The zero-order valence-electron chi connectivity index (χ0n) is 12.0. The van der Waals surface area contributed by atoms with Crippen molar-refractivity contribution in [2.45, 2.75) is 32.6 Å². The summed E-state index contributed by atoms with van der Waals surface area (Å²) in [7, 11) is 0. The van der Waals surface area contributed by atoms with E-state index < -0.39 is 5.97 Å². The molecule has 0 aromatic carbocycles. The number of rotatable bonds is 5. The molecule has 0 saturated carbocycles. The van der Waals surface area contributed by atoms with Gasteiger partial charge in [-0.15, -0.1) is 0 Å². The van der Waals surface area contributed by atoms with E-state index in [1.807, 2.05) is 4.90 Å². The van der Waals surface area contributed by atoms with Gasteiger partial charge in [0.2, 0.25) is 5.82 Å². The molecular formula is C14H19N3O4. The van der Waals surface area contributed by atoms with Crippen molar-refractivity contribution in [2.75, 3.05) is 18.0 Å². The maximum atomic E-state index is 11.2. The molecule has 7 heteroatoms. The smallest absolute Gasteiger partial charge is 0.314 e. The minimum absolute atomic E-state index is 0.0708. The lowest BCUT2D eigenvalue weighted by atomic mass is 9.92. The Balaban J connectivity index is 2.04. The van der Waals surface area contributed by atoms with Gasteiger partial charge < -0.3 is 10.0 Å². The molecule has 1 aliphatic heterocycles. The molecule has 1 aromatic heterocycles. The molecular weight excluding hydrogens is 274 g/mol. The van der Waals surface area contributed by atoms with Gasteiger partial charge >= 0.3 is 11.7 Å². The second-order valence-electron chi connectivity index (χ2n) is 5.42. The fourth-order valence-corrected chi connectivity index (χ4v) is 2.75. The molecule has 2 heterocycles. The van der Waals surface area contributed by atoms with Gasteiger partial charge in [-0.3, -0.25) is 14.9 Å². The van der Waals surface area contributed by atoms with E-state index >= 15 is 0 Å². The largest absolute Gasteiger partial charge is 0.481 e. The molecule has 0 amide bonds. The van der Waals surface area contributed by atoms with Crippen molar-refractivity contribution in [3.63, 3.8) is 0 Å². The average Bonchev–Trinajstić information content (AvgIpc) is 2.45. The van der Waals surface area contributed by atoms with Crippen LogP contribution in [0, 0.1) is 23.0 Å². The SMILES string of the molecule is Cc1ccnc(N2CCC(CCC(=O)O)CC2)c1[N+](=O)[O-]. The molecule has 1 aromatic rings. The number of carboxylic acids is 1. The Morgan fingerprint density at radius 3 is 2.76 bits per heavy atom. The van der Waals surface area contributed by atoms with Crippen LogP contribution in [0.1, 0.15) is 31.2 Å². The second-order valence-corrected chi connectivity index (χ2v) is 5.42. The van der Waals surface area contributed by atoms with Crippen molar-refractivity contribution < 1.29 is 14.8 Å². The van der Waals surface area contributed by atoms with Crippen LogP contribution in [0.4, 0.5) is 11.5 Å². The van der Waals surface area contributed by atoms with E-state index in [1.165, 1.54) is 0 Å². The lowest BCUT2D eigenvalue weighted by Gasteiger charge is -2.32. The van der Waals surface area contributed by atoms with Gasteiger partial charge in [-0.2, -0.15) is 0 Å². The normalized spacial score (nSPS) is 16.0. The van der Waals surface area contributed by atoms with Crippen LogP contribution in [0.15, 0.2) is 12.3 Å². The number of aryl methyl sites for hydroxylation is 1. The van der Waals surface area contributed by atoms with Gasteiger partial charge in [0, 0.05) is 31.3 Å². The van der Waals surface area contributed by atoms with Gasteiger partial charge in [0.15, 0.2) is 0 Å². The summed E-state index contributed by atoms with van der Waals surface area (Å²) in [5.74, 6) is 0.0336. The number of carboxylic acid groups (broad SMARTS) is 1. The van der Waals surface area contributed by atoms with Crippen molar-refractivity contribution in [3.05, 3.63) is 27.9 Å². The van der Waals surface area contributed by atoms with Crippen molar-refractivity contribution in [1.29, 1.82) is 0 Å². The third-order valence-corrected chi connectivity index (χ3v) is 3.97. The van der Waals surface area contributed by atoms with Crippen LogP contribution in [0.3, 0.4) is 0 Å². The lowest BCUT2D eigenvalue weighted by molar-refractivity contribution is -0.384. The van der Waals surface area contributed by atoms with Crippen molar-refractivity contribution in [1.82, 2.24) is 4.98 Å². The Morgan fingerprint density at radius 2 is 2.19 bits per heavy atom. The molecule has 0 aliphatic carbocycles. The highest BCUT2D eigenvalue weighted by molar-refractivity contribution is 5.66. The topological polar surface area (TPSA) is 96.6 Å². The number of nitrogens with zero attached hydrogens (tertiary/aromatic N) is 3. The summed E-state index contributed by atoms with van der Waals surface area (Å²) in [4.78, 5) is 27.5. The third kappa shape index (κ3) is 3.68. The first-order valence-corrected chi connectivity index (χ1v) is 7.05. The molecule has 21 heavy (non-hydrogen) atoms. The monoisotopic (exact) mass is 293 g/mol. The van der Waals surface area contributed by atoms with E-state index in [2.05, 4.69) is 4.98 Å². The summed E-state index contributed by atoms with van der Waals surface area (Å²) >= 11 is 0. The zero-order valence-corrected chi connectivity index (χ0v) is 12.0. The van der Waals surface area contributed by atoms with Crippen LogP contribution in [0.25, 0.3) is 0 Å². The molecule has 1 N–H and O–H groups in total. The average molecular weight is 293 g/mol. The Hall–Kier alpha value is -2.18. The Labute approximate surface area is 122 Å². The molecule has 0 atom stereocenters. The van der Waals surface area contributed by atoms with Gasteiger partial charge in [-0.25, -0.2) is 4.98 Å². The van der Waals surface area contributed by atoms with Crippen molar-refractivity contribution in [2.24, 2.45) is 5.92 Å². The number of aromatic nitrogens is 1. The Morgan fingerprint density at radius 1 is 1.52 bits per heavy atom. The maximum Gasteiger partial charge on any atom is 0.314 e. The molecule has 114 valence electrons. The quantitative estimate of drug-likeness (QED) is 0.661. The highest BCUT2D eigenvalue weighted by Crippen LogP contribution is 2.32. The van der Waals surface area contributed by atoms with Gasteiger partial charge in [0.1, 0.15) is 0 Å². The summed E-state index contributed by atoms with van der Waals surface area (Å²) in [6.45, 7) is 3.08. The summed E-state index contributed by atoms with van der Waals surface area (Å²) in [5.41, 5.74) is 0.680. The van der Waals surface area contributed by atoms with E-state index in [1.54, 1.807) is 19.2 Å².